The van der Waals surface area contributed by atoms with E-state index in [1.165, 1.54) is 22.1 Å². The Morgan fingerprint density at radius 2 is 1.62 bits per heavy atom. The van der Waals surface area contributed by atoms with Gasteiger partial charge in [-0.05, 0) is 35.4 Å². The van der Waals surface area contributed by atoms with Crippen molar-refractivity contribution in [1.82, 2.24) is 4.98 Å². The van der Waals surface area contributed by atoms with Gasteiger partial charge in [-0.15, -0.1) is 0 Å². The summed E-state index contributed by atoms with van der Waals surface area (Å²) in [7, 11) is 0. The van der Waals surface area contributed by atoms with Gasteiger partial charge in [0.15, 0.2) is 0 Å². The molecule has 0 fully saturated rings. The van der Waals surface area contributed by atoms with Gasteiger partial charge < -0.3 is 15.5 Å². The average molecular weight is 340 g/mol. The molecule has 4 aromatic rings. The van der Waals surface area contributed by atoms with Crippen LogP contribution in [0.2, 0.25) is 0 Å². The summed E-state index contributed by atoms with van der Waals surface area (Å²) >= 11 is 0. The summed E-state index contributed by atoms with van der Waals surface area (Å²) in [4.78, 5) is 3.42. The van der Waals surface area contributed by atoms with E-state index in [1.807, 2.05) is 18.2 Å². The van der Waals surface area contributed by atoms with Crippen LogP contribution in [-0.4, -0.2) is 11.6 Å². The molecule has 2 atom stereocenters. The quantitative estimate of drug-likeness (QED) is 0.501. The summed E-state index contributed by atoms with van der Waals surface area (Å²) in [5.74, 6) is 1.45. The number of ether oxygens (including phenoxy) is 1. The van der Waals surface area contributed by atoms with E-state index in [1.54, 1.807) is 0 Å². The van der Waals surface area contributed by atoms with Crippen molar-refractivity contribution in [2.45, 2.75) is 11.8 Å². The summed E-state index contributed by atoms with van der Waals surface area (Å²) < 4.78 is 6.15. The molecule has 0 amide bonds. The lowest BCUT2D eigenvalue weighted by molar-refractivity contribution is 0.250. The Morgan fingerprint density at radius 1 is 0.846 bits per heavy atom. The number of H-pyrrole nitrogens is 1. The predicted octanol–water partition coefficient (Wildman–Crippen LogP) is 5.06. The molecule has 3 nitrogen and oxygen atoms in total. The minimum absolute atomic E-state index is 0.236. The highest BCUT2D eigenvalue weighted by molar-refractivity contribution is 5.84. The van der Waals surface area contributed by atoms with Gasteiger partial charge in [-0.2, -0.15) is 0 Å². The van der Waals surface area contributed by atoms with Crippen LogP contribution in [-0.2, 0) is 0 Å². The number of nitrogens with two attached hydrogens (primary N) is 1. The maximum atomic E-state index is 6.15. The Hall–Kier alpha value is -3.20. The standard InChI is InChI=1S/C23H20N2O/c24-16-11-9-15(10-12-16)23-18-6-2-4-8-22(18)26-14-20(23)19-13-25-21-7-3-1-5-17(19)21/h1-13,20,23,25H,14,24H2. The van der Waals surface area contributed by atoms with Crippen molar-refractivity contribution >= 4 is 16.6 Å². The van der Waals surface area contributed by atoms with Crippen LogP contribution in [0.5, 0.6) is 5.75 Å². The van der Waals surface area contributed by atoms with Gasteiger partial charge in [0.2, 0.25) is 0 Å². The molecule has 2 unspecified atom stereocenters. The van der Waals surface area contributed by atoms with Gasteiger partial charge in [-0.3, -0.25) is 0 Å². The van der Waals surface area contributed by atoms with E-state index >= 15 is 0 Å². The normalized spacial score (nSPS) is 19.1. The van der Waals surface area contributed by atoms with Crippen molar-refractivity contribution in [2.75, 3.05) is 12.3 Å². The smallest absolute Gasteiger partial charge is 0.123 e. The van der Waals surface area contributed by atoms with Crippen molar-refractivity contribution in [3.63, 3.8) is 0 Å². The Morgan fingerprint density at radius 3 is 2.50 bits per heavy atom. The summed E-state index contributed by atoms with van der Waals surface area (Å²) in [6.45, 7) is 0.661. The minimum Gasteiger partial charge on any atom is -0.493 e. The van der Waals surface area contributed by atoms with Gasteiger partial charge in [0.05, 0.1) is 6.61 Å². The number of aromatic amines is 1. The number of nitrogen functional groups attached to an aromatic ring is 1. The number of nitrogens with one attached hydrogen (secondary N) is 1. The zero-order valence-corrected chi connectivity index (χ0v) is 14.4. The fourth-order valence-electron chi connectivity index (χ4n) is 4.15. The summed E-state index contributed by atoms with van der Waals surface area (Å²) in [6, 6.07) is 25.1. The van der Waals surface area contributed by atoms with Gasteiger partial charge in [0.1, 0.15) is 5.75 Å². The van der Waals surface area contributed by atoms with Gasteiger partial charge >= 0.3 is 0 Å². The van der Waals surface area contributed by atoms with E-state index in [9.17, 15) is 0 Å². The largest absolute Gasteiger partial charge is 0.493 e. The predicted molar refractivity (Wildman–Crippen MR) is 106 cm³/mol. The summed E-state index contributed by atoms with van der Waals surface area (Å²) in [5, 5.41) is 1.26. The highest BCUT2D eigenvalue weighted by Crippen LogP contribution is 2.47. The Labute approximate surface area is 152 Å². The van der Waals surface area contributed by atoms with Gasteiger partial charge in [0, 0.05) is 40.2 Å². The number of rotatable bonds is 2. The summed E-state index contributed by atoms with van der Waals surface area (Å²) in [6.07, 6.45) is 2.14. The zero-order chi connectivity index (χ0) is 17.5. The minimum atomic E-state index is 0.236. The molecule has 3 heteroatoms. The molecule has 5 rings (SSSR count). The topological polar surface area (TPSA) is 51.0 Å². The number of anilines is 1. The molecule has 1 aliphatic rings. The Bertz CT molecular complexity index is 1060. The van der Waals surface area contributed by atoms with Crippen LogP contribution in [0, 0.1) is 0 Å². The first-order chi connectivity index (χ1) is 12.8. The molecule has 1 aromatic heterocycles. The van der Waals surface area contributed by atoms with Crippen LogP contribution in [0.25, 0.3) is 10.9 Å². The molecule has 26 heavy (non-hydrogen) atoms. The van der Waals surface area contributed by atoms with Crippen LogP contribution in [0.15, 0.2) is 79.0 Å². The van der Waals surface area contributed by atoms with Gasteiger partial charge in [-0.25, -0.2) is 0 Å². The van der Waals surface area contributed by atoms with Crippen LogP contribution in [0.1, 0.15) is 28.5 Å². The third kappa shape index (κ3) is 2.36. The average Bonchev–Trinajstić information content (AvgIpc) is 3.12. The van der Waals surface area contributed by atoms with E-state index in [-0.39, 0.29) is 11.8 Å². The first-order valence-corrected chi connectivity index (χ1v) is 8.94. The number of para-hydroxylation sites is 2. The lowest BCUT2D eigenvalue weighted by atomic mass is 9.76. The zero-order valence-electron chi connectivity index (χ0n) is 14.4. The number of aromatic nitrogens is 1. The van der Waals surface area contributed by atoms with E-state index < -0.39 is 0 Å². The number of hydrogen-bond donors (Lipinski definition) is 2. The molecular formula is C23H20N2O. The monoisotopic (exact) mass is 340 g/mol. The van der Waals surface area contributed by atoms with Gasteiger partial charge in [-0.1, -0.05) is 48.5 Å². The second-order valence-electron chi connectivity index (χ2n) is 6.89. The second-order valence-corrected chi connectivity index (χ2v) is 6.89. The van der Waals surface area contributed by atoms with E-state index in [0.29, 0.717) is 6.61 Å². The van der Waals surface area contributed by atoms with Crippen LogP contribution >= 0.6 is 0 Å². The third-order valence-corrected chi connectivity index (χ3v) is 5.39. The maximum Gasteiger partial charge on any atom is 0.123 e. The molecule has 0 radical (unpaired) electrons. The highest BCUT2D eigenvalue weighted by atomic mass is 16.5. The third-order valence-electron chi connectivity index (χ3n) is 5.39. The lowest BCUT2D eigenvalue weighted by Gasteiger charge is -2.34. The molecular weight excluding hydrogens is 320 g/mol. The Kier molecular flexibility index (Phi) is 3.45. The molecule has 128 valence electrons. The van der Waals surface area contributed by atoms with E-state index in [2.05, 4.69) is 65.8 Å². The molecule has 2 heterocycles. The van der Waals surface area contributed by atoms with Crippen LogP contribution < -0.4 is 10.5 Å². The highest BCUT2D eigenvalue weighted by Gasteiger charge is 2.34. The number of benzene rings is 3. The molecule has 0 saturated carbocycles. The molecule has 0 saturated heterocycles. The van der Waals surface area contributed by atoms with Crippen molar-refractivity contribution in [3.05, 3.63) is 95.7 Å². The molecule has 3 N–H and O–H groups in total. The first-order valence-electron chi connectivity index (χ1n) is 8.94. The van der Waals surface area contributed by atoms with Crippen molar-refractivity contribution in [2.24, 2.45) is 0 Å². The van der Waals surface area contributed by atoms with E-state index in [0.717, 1.165) is 17.0 Å². The fraction of sp³-hybridized carbons (Fsp3) is 0.130. The molecule has 1 aliphatic heterocycles. The Balaban J connectivity index is 1.70. The van der Waals surface area contributed by atoms with Crippen molar-refractivity contribution in [3.8, 4) is 5.75 Å². The summed E-state index contributed by atoms with van der Waals surface area (Å²) in [5.41, 5.74) is 11.7. The molecule has 0 bridgehead atoms. The first kappa shape index (κ1) is 15.1. The number of hydrogen-bond acceptors (Lipinski definition) is 2. The molecule has 3 aromatic carbocycles. The van der Waals surface area contributed by atoms with Crippen LogP contribution in [0.4, 0.5) is 5.69 Å². The van der Waals surface area contributed by atoms with E-state index in [4.69, 9.17) is 10.5 Å². The van der Waals surface area contributed by atoms with Crippen molar-refractivity contribution < 1.29 is 4.74 Å². The number of fused-ring (bicyclic) bond motifs is 2. The SMILES string of the molecule is Nc1ccc(C2c3ccccc3OCC2c2c[nH]c3ccccc23)cc1. The lowest BCUT2D eigenvalue weighted by Crippen LogP contribution is -2.25. The van der Waals surface area contributed by atoms with Crippen molar-refractivity contribution in [1.29, 1.82) is 0 Å². The second kappa shape index (κ2) is 5.95. The van der Waals surface area contributed by atoms with Crippen LogP contribution in [0.3, 0.4) is 0 Å². The fourth-order valence-corrected chi connectivity index (χ4v) is 4.15. The molecule has 0 aliphatic carbocycles. The maximum absolute atomic E-state index is 6.15. The molecule has 0 spiro atoms. The van der Waals surface area contributed by atoms with Gasteiger partial charge in [0.25, 0.3) is 0 Å².